The van der Waals surface area contributed by atoms with E-state index in [-0.39, 0.29) is 17.8 Å². The van der Waals surface area contributed by atoms with Gasteiger partial charge in [0.05, 0.1) is 6.61 Å². The van der Waals surface area contributed by atoms with Crippen molar-refractivity contribution in [1.29, 1.82) is 0 Å². The topological polar surface area (TPSA) is 98.9 Å². The zero-order chi connectivity index (χ0) is 17.0. The summed E-state index contributed by atoms with van der Waals surface area (Å²) in [6, 6.07) is 1.63. The first kappa shape index (κ1) is 17.4. The highest BCUT2D eigenvalue weighted by Crippen LogP contribution is 2.24. The average Bonchev–Trinajstić information content (AvgIpc) is 2.96. The van der Waals surface area contributed by atoms with Crippen LogP contribution in [0, 0.1) is 0 Å². The number of anilines is 1. The van der Waals surface area contributed by atoms with Gasteiger partial charge in [0.25, 0.3) is 0 Å². The molecular weight excluding hydrogens is 300 g/mol. The summed E-state index contributed by atoms with van der Waals surface area (Å²) in [5.74, 6) is -0.409. The third kappa shape index (κ3) is 4.52. The summed E-state index contributed by atoms with van der Waals surface area (Å²) in [5.41, 5.74) is -0.219. The Balaban J connectivity index is 1.88. The lowest BCUT2D eigenvalue weighted by Gasteiger charge is -2.33. The summed E-state index contributed by atoms with van der Waals surface area (Å²) in [4.78, 5) is 27.8. The van der Waals surface area contributed by atoms with Crippen LogP contribution in [0.3, 0.4) is 0 Å². The monoisotopic (exact) mass is 324 g/mol. The normalized spacial score (nSPS) is 16.4. The smallest absolute Gasteiger partial charge is 0.315 e. The van der Waals surface area contributed by atoms with Gasteiger partial charge in [-0.3, -0.25) is 19.8 Å². The highest BCUT2D eigenvalue weighted by atomic mass is 16.5. The molecule has 1 fully saturated rings. The summed E-state index contributed by atoms with van der Waals surface area (Å²) in [7, 11) is 0. The molecule has 1 aliphatic heterocycles. The van der Waals surface area contributed by atoms with E-state index in [1.807, 2.05) is 20.8 Å². The molecule has 128 valence electrons. The van der Waals surface area contributed by atoms with Crippen molar-refractivity contribution in [2.45, 2.75) is 26.2 Å². The Labute approximate surface area is 135 Å². The molecule has 1 aromatic rings. The van der Waals surface area contributed by atoms with Crippen LogP contribution in [0.25, 0.3) is 0 Å². The maximum Gasteiger partial charge on any atom is 0.315 e. The number of hydrogen-bond donors (Lipinski definition) is 2. The second-order valence-corrected chi connectivity index (χ2v) is 6.64. The summed E-state index contributed by atoms with van der Waals surface area (Å²) >= 11 is 0. The lowest BCUT2D eigenvalue weighted by Crippen LogP contribution is -2.52. The van der Waals surface area contributed by atoms with E-state index in [0.717, 1.165) is 0 Å². The molecule has 2 N–H and O–H groups in total. The molecule has 1 aromatic heterocycles. The Bertz CT molecular complexity index is 556. The third-order valence-corrected chi connectivity index (χ3v) is 3.76. The van der Waals surface area contributed by atoms with Gasteiger partial charge in [-0.25, -0.2) is 0 Å². The molecule has 8 nitrogen and oxygen atoms in total. The number of nitrogens with one attached hydrogen (secondary N) is 1. The van der Waals surface area contributed by atoms with Gasteiger partial charge in [-0.2, -0.15) is 0 Å². The molecule has 0 atom stereocenters. The van der Waals surface area contributed by atoms with E-state index in [1.54, 1.807) is 6.07 Å². The van der Waals surface area contributed by atoms with Crippen molar-refractivity contribution in [3.63, 3.8) is 0 Å². The van der Waals surface area contributed by atoms with Crippen molar-refractivity contribution >= 4 is 17.6 Å². The second-order valence-electron chi connectivity index (χ2n) is 6.64. The summed E-state index contributed by atoms with van der Waals surface area (Å²) in [6.07, 6.45) is 0. The number of aliphatic hydroxyl groups excluding tert-OH is 1. The Morgan fingerprint density at radius 3 is 2.48 bits per heavy atom. The number of carbonyl (C=O) groups is 2. The summed E-state index contributed by atoms with van der Waals surface area (Å²) in [6.45, 7) is 8.83. The number of piperazine rings is 1. The lowest BCUT2D eigenvalue weighted by atomic mass is 9.93. The summed E-state index contributed by atoms with van der Waals surface area (Å²) < 4.78 is 5.18. The highest BCUT2D eigenvalue weighted by Gasteiger charge is 2.27. The van der Waals surface area contributed by atoms with Gasteiger partial charge in [-0.05, 0) is 0 Å². The SMILES string of the molecule is CC(C)(C)c1cc(NC(=O)C(=O)N2CCN(CCO)CC2)no1. The first-order valence-electron chi connectivity index (χ1n) is 7.72. The van der Waals surface area contributed by atoms with Gasteiger partial charge in [-0.15, -0.1) is 0 Å². The van der Waals surface area contributed by atoms with Gasteiger partial charge in [0.2, 0.25) is 0 Å². The average molecular weight is 324 g/mol. The van der Waals surface area contributed by atoms with Crippen molar-refractivity contribution in [1.82, 2.24) is 15.0 Å². The van der Waals surface area contributed by atoms with Gasteiger partial charge < -0.3 is 14.5 Å². The van der Waals surface area contributed by atoms with E-state index in [9.17, 15) is 9.59 Å². The van der Waals surface area contributed by atoms with Crippen LogP contribution in [0.15, 0.2) is 10.6 Å². The zero-order valence-corrected chi connectivity index (χ0v) is 13.8. The predicted octanol–water partition coefficient (Wildman–Crippen LogP) is 0.0471. The van der Waals surface area contributed by atoms with Crippen LogP contribution in [-0.4, -0.2) is 71.2 Å². The minimum atomic E-state index is -0.714. The van der Waals surface area contributed by atoms with Crippen LogP contribution in [0.1, 0.15) is 26.5 Å². The van der Waals surface area contributed by atoms with Crippen LogP contribution in [0.2, 0.25) is 0 Å². The first-order valence-corrected chi connectivity index (χ1v) is 7.72. The molecule has 1 aliphatic rings. The number of rotatable bonds is 3. The molecule has 0 saturated carbocycles. The van der Waals surface area contributed by atoms with Crippen LogP contribution in [-0.2, 0) is 15.0 Å². The van der Waals surface area contributed by atoms with E-state index >= 15 is 0 Å². The molecule has 8 heteroatoms. The highest BCUT2D eigenvalue weighted by molar-refractivity contribution is 6.39. The molecule has 2 amide bonds. The van der Waals surface area contributed by atoms with Gasteiger partial charge in [0.15, 0.2) is 5.82 Å². The van der Waals surface area contributed by atoms with Gasteiger partial charge in [0, 0.05) is 44.2 Å². The van der Waals surface area contributed by atoms with Crippen LogP contribution >= 0.6 is 0 Å². The minimum Gasteiger partial charge on any atom is -0.395 e. The quantitative estimate of drug-likeness (QED) is 0.762. The molecule has 1 saturated heterocycles. The largest absolute Gasteiger partial charge is 0.395 e. The predicted molar refractivity (Wildman–Crippen MR) is 83.9 cm³/mol. The number of amides is 2. The van der Waals surface area contributed by atoms with E-state index in [2.05, 4.69) is 15.4 Å². The van der Waals surface area contributed by atoms with Crippen LogP contribution in [0.5, 0.6) is 0 Å². The van der Waals surface area contributed by atoms with Gasteiger partial charge >= 0.3 is 11.8 Å². The summed E-state index contributed by atoms with van der Waals surface area (Å²) in [5, 5.41) is 15.2. The van der Waals surface area contributed by atoms with Crippen molar-refractivity contribution in [3.05, 3.63) is 11.8 Å². The fourth-order valence-electron chi connectivity index (χ4n) is 2.32. The molecule has 0 spiro atoms. The maximum absolute atomic E-state index is 12.2. The molecule has 0 aromatic carbocycles. The number of carbonyl (C=O) groups excluding carboxylic acids is 2. The number of β-amino-alcohol motifs (C(OH)–C–C–N with tert-alkyl or cyclic N) is 1. The first-order chi connectivity index (χ1) is 10.8. The Morgan fingerprint density at radius 1 is 1.30 bits per heavy atom. The third-order valence-electron chi connectivity index (χ3n) is 3.76. The van der Waals surface area contributed by atoms with E-state index < -0.39 is 11.8 Å². The Hall–Kier alpha value is -1.93. The number of aromatic nitrogens is 1. The molecular formula is C15H24N4O4. The number of aliphatic hydroxyl groups is 1. The standard InChI is InChI=1S/C15H24N4O4/c1-15(2,3)11-10-12(17-23-11)16-13(21)14(22)19-6-4-18(5-7-19)8-9-20/h10,20H,4-9H2,1-3H3,(H,16,17,21). The number of hydrogen-bond acceptors (Lipinski definition) is 6. The fourth-order valence-corrected chi connectivity index (χ4v) is 2.32. The van der Waals surface area contributed by atoms with Crippen molar-refractivity contribution < 1.29 is 19.2 Å². The molecule has 0 aliphatic carbocycles. The zero-order valence-electron chi connectivity index (χ0n) is 13.8. The number of nitrogens with zero attached hydrogens (tertiary/aromatic N) is 3. The maximum atomic E-state index is 12.2. The van der Waals surface area contributed by atoms with Gasteiger partial charge in [0.1, 0.15) is 5.76 Å². The Morgan fingerprint density at radius 2 is 1.96 bits per heavy atom. The van der Waals surface area contributed by atoms with E-state index in [0.29, 0.717) is 38.5 Å². The minimum absolute atomic E-state index is 0.0939. The molecule has 23 heavy (non-hydrogen) atoms. The van der Waals surface area contributed by atoms with Crippen LogP contribution in [0.4, 0.5) is 5.82 Å². The van der Waals surface area contributed by atoms with Crippen molar-refractivity contribution in [3.8, 4) is 0 Å². The molecule has 0 unspecified atom stereocenters. The Kier molecular flexibility index (Phi) is 5.38. The van der Waals surface area contributed by atoms with Crippen LogP contribution < -0.4 is 5.32 Å². The molecule has 0 radical (unpaired) electrons. The molecule has 2 rings (SSSR count). The molecule has 2 heterocycles. The molecule has 0 bridgehead atoms. The second kappa shape index (κ2) is 7.10. The van der Waals surface area contributed by atoms with E-state index in [1.165, 1.54) is 4.90 Å². The van der Waals surface area contributed by atoms with Gasteiger partial charge in [-0.1, -0.05) is 25.9 Å². The lowest BCUT2D eigenvalue weighted by molar-refractivity contribution is -0.144. The van der Waals surface area contributed by atoms with Crippen molar-refractivity contribution in [2.75, 3.05) is 44.6 Å². The van der Waals surface area contributed by atoms with Crippen molar-refractivity contribution in [2.24, 2.45) is 0 Å². The fraction of sp³-hybridized carbons (Fsp3) is 0.667. The van der Waals surface area contributed by atoms with E-state index in [4.69, 9.17) is 9.63 Å².